The second-order valence-electron chi connectivity index (χ2n) is 8.81. The average Bonchev–Trinajstić information content (AvgIpc) is 3.49. The summed E-state index contributed by atoms with van der Waals surface area (Å²) >= 11 is 1.74. The van der Waals surface area contributed by atoms with Crippen molar-refractivity contribution in [2.45, 2.75) is 38.7 Å². The zero-order chi connectivity index (χ0) is 23.8. The molecule has 0 spiro atoms. The van der Waals surface area contributed by atoms with Crippen LogP contribution in [0.15, 0.2) is 54.9 Å². The molecule has 1 aliphatic carbocycles. The normalized spacial score (nSPS) is 14.2. The number of rotatable bonds is 7. The third-order valence-corrected chi connectivity index (χ3v) is 7.09. The maximum atomic E-state index is 13.4. The number of hydrogen-bond acceptors (Lipinski definition) is 6. The van der Waals surface area contributed by atoms with E-state index in [4.69, 9.17) is 4.98 Å². The fourth-order valence-electron chi connectivity index (χ4n) is 4.25. The molecule has 0 bridgehead atoms. The molecule has 0 unspecified atom stereocenters. The lowest BCUT2D eigenvalue weighted by molar-refractivity contribution is 0.0680. The average molecular weight is 474 g/mol. The molecule has 3 heterocycles. The highest BCUT2D eigenvalue weighted by atomic mass is 32.1. The van der Waals surface area contributed by atoms with E-state index in [2.05, 4.69) is 30.0 Å². The lowest BCUT2D eigenvalue weighted by atomic mass is 10.1. The Morgan fingerprint density at radius 2 is 2.00 bits per heavy atom. The standard InChI is InChI=1S/C26H27N5O2S/c1-16-13-20(17(2)34-16)22-11-12-27-26(29-22)31-24(19-9-10-19)21(14-28-31)25(33)30(3)15-23(32)18-7-5-4-6-8-18/h4-8,11-14,19,23,32H,9-10,15H2,1-3H3/t23-/m0/s1. The second-order valence-corrected chi connectivity index (χ2v) is 10.3. The van der Waals surface area contributed by atoms with Crippen molar-refractivity contribution in [1.29, 1.82) is 0 Å². The number of nitrogens with zero attached hydrogens (tertiary/aromatic N) is 5. The maximum absolute atomic E-state index is 13.4. The summed E-state index contributed by atoms with van der Waals surface area (Å²) in [6.45, 7) is 4.38. The molecule has 0 aliphatic heterocycles. The summed E-state index contributed by atoms with van der Waals surface area (Å²) < 4.78 is 1.71. The van der Waals surface area contributed by atoms with Crippen molar-refractivity contribution in [2.75, 3.05) is 13.6 Å². The Balaban J connectivity index is 1.44. The zero-order valence-electron chi connectivity index (χ0n) is 19.5. The smallest absolute Gasteiger partial charge is 0.257 e. The monoisotopic (exact) mass is 473 g/mol. The number of aryl methyl sites for hydroxylation is 2. The van der Waals surface area contributed by atoms with Gasteiger partial charge in [0.05, 0.1) is 35.8 Å². The number of thiophene rings is 1. The topological polar surface area (TPSA) is 84.1 Å². The maximum Gasteiger partial charge on any atom is 0.257 e. The number of amides is 1. The molecule has 1 fully saturated rings. The van der Waals surface area contributed by atoms with Crippen LogP contribution in [0.1, 0.15) is 56.2 Å². The zero-order valence-corrected chi connectivity index (χ0v) is 20.3. The largest absolute Gasteiger partial charge is 0.387 e. The third-order valence-electron chi connectivity index (χ3n) is 6.13. The molecule has 34 heavy (non-hydrogen) atoms. The van der Waals surface area contributed by atoms with Crippen LogP contribution in [-0.4, -0.2) is 49.3 Å². The number of likely N-dealkylation sites (N-methyl/N-ethyl adjacent to an activating group) is 1. The number of aliphatic hydroxyl groups excluding tert-OH is 1. The summed E-state index contributed by atoms with van der Waals surface area (Å²) in [6, 6.07) is 13.4. The molecule has 1 saturated carbocycles. The summed E-state index contributed by atoms with van der Waals surface area (Å²) in [5, 5.41) is 15.1. The van der Waals surface area contributed by atoms with Crippen molar-refractivity contribution < 1.29 is 9.90 Å². The Kier molecular flexibility index (Phi) is 6.02. The fraction of sp³-hybridized carbons (Fsp3) is 0.308. The summed E-state index contributed by atoms with van der Waals surface area (Å²) in [4.78, 5) is 26.6. The molecule has 1 N–H and O–H groups in total. The van der Waals surface area contributed by atoms with E-state index in [0.29, 0.717) is 11.5 Å². The summed E-state index contributed by atoms with van der Waals surface area (Å²) in [7, 11) is 1.71. The first-order chi connectivity index (χ1) is 16.4. The van der Waals surface area contributed by atoms with Gasteiger partial charge in [-0.3, -0.25) is 4.79 Å². The number of carbonyl (C=O) groups is 1. The number of aliphatic hydroxyl groups is 1. The van der Waals surface area contributed by atoms with E-state index >= 15 is 0 Å². The molecule has 8 heteroatoms. The molecule has 7 nitrogen and oxygen atoms in total. The minimum atomic E-state index is -0.758. The predicted molar refractivity (Wildman–Crippen MR) is 132 cm³/mol. The second kappa shape index (κ2) is 9.12. The van der Waals surface area contributed by atoms with Crippen molar-refractivity contribution in [2.24, 2.45) is 0 Å². The lowest BCUT2D eigenvalue weighted by Crippen LogP contribution is -2.31. The van der Waals surface area contributed by atoms with Gasteiger partial charge in [-0.15, -0.1) is 11.3 Å². The van der Waals surface area contributed by atoms with Crippen LogP contribution in [0, 0.1) is 13.8 Å². The molecule has 0 saturated heterocycles. The molecule has 0 radical (unpaired) electrons. The first-order valence-electron chi connectivity index (χ1n) is 11.4. The van der Waals surface area contributed by atoms with E-state index in [9.17, 15) is 9.90 Å². The molecule has 1 amide bonds. The summed E-state index contributed by atoms with van der Waals surface area (Å²) in [5.41, 5.74) is 4.12. The number of hydrogen-bond donors (Lipinski definition) is 1. The molecule has 1 atom stereocenters. The fourth-order valence-corrected chi connectivity index (χ4v) is 5.18. The highest BCUT2D eigenvalue weighted by Gasteiger charge is 2.34. The Labute approximate surface area is 202 Å². The Morgan fingerprint density at radius 1 is 1.24 bits per heavy atom. The van der Waals surface area contributed by atoms with Crippen molar-refractivity contribution in [1.82, 2.24) is 24.6 Å². The minimum Gasteiger partial charge on any atom is -0.387 e. The van der Waals surface area contributed by atoms with Crippen LogP contribution in [-0.2, 0) is 0 Å². The van der Waals surface area contributed by atoms with Crippen LogP contribution in [0.25, 0.3) is 17.2 Å². The van der Waals surface area contributed by atoms with Gasteiger partial charge in [-0.2, -0.15) is 5.10 Å². The highest BCUT2D eigenvalue weighted by Crippen LogP contribution is 2.42. The van der Waals surface area contributed by atoms with Gasteiger partial charge in [-0.1, -0.05) is 30.3 Å². The van der Waals surface area contributed by atoms with Gasteiger partial charge in [0.1, 0.15) is 0 Å². The number of benzene rings is 1. The molecular formula is C26H27N5O2S. The van der Waals surface area contributed by atoms with Crippen molar-refractivity contribution in [3.8, 4) is 17.2 Å². The molecule has 1 aromatic carbocycles. The number of aromatic nitrogens is 4. The van der Waals surface area contributed by atoms with Crippen LogP contribution in [0.3, 0.4) is 0 Å². The SMILES string of the molecule is Cc1cc(-c2ccnc(-n3ncc(C(=O)N(C)C[C@H](O)c4ccccc4)c3C3CC3)n2)c(C)s1. The van der Waals surface area contributed by atoms with Gasteiger partial charge in [0.15, 0.2) is 0 Å². The predicted octanol–water partition coefficient (Wildman–Crippen LogP) is 4.69. The van der Waals surface area contributed by atoms with Gasteiger partial charge >= 0.3 is 0 Å². The molecule has 174 valence electrons. The van der Waals surface area contributed by atoms with Gasteiger partial charge in [-0.05, 0) is 44.4 Å². The van der Waals surface area contributed by atoms with Crippen LogP contribution in [0.4, 0.5) is 0 Å². The quantitative estimate of drug-likeness (QED) is 0.421. The first-order valence-corrected chi connectivity index (χ1v) is 12.2. The van der Waals surface area contributed by atoms with Gasteiger partial charge in [0.25, 0.3) is 11.9 Å². The minimum absolute atomic E-state index is 0.163. The first kappa shape index (κ1) is 22.4. The van der Waals surface area contributed by atoms with Crippen LogP contribution in [0.5, 0.6) is 0 Å². The molecule has 4 aromatic rings. The third kappa shape index (κ3) is 4.38. The Bertz CT molecular complexity index is 1330. The summed E-state index contributed by atoms with van der Waals surface area (Å²) in [6.07, 6.45) is 4.60. The highest BCUT2D eigenvalue weighted by molar-refractivity contribution is 7.12. The van der Waals surface area contributed by atoms with E-state index in [1.165, 1.54) is 9.75 Å². The van der Waals surface area contributed by atoms with Crippen LogP contribution in [0.2, 0.25) is 0 Å². The van der Waals surface area contributed by atoms with E-state index in [-0.39, 0.29) is 18.4 Å². The van der Waals surface area contributed by atoms with Crippen LogP contribution < -0.4 is 0 Å². The summed E-state index contributed by atoms with van der Waals surface area (Å²) in [5.74, 6) is 0.559. The van der Waals surface area contributed by atoms with Crippen molar-refractivity contribution >= 4 is 17.2 Å². The van der Waals surface area contributed by atoms with E-state index in [1.54, 1.807) is 40.4 Å². The number of carbonyl (C=O) groups excluding carboxylic acids is 1. The van der Waals surface area contributed by atoms with Crippen molar-refractivity contribution in [3.05, 3.63) is 81.4 Å². The van der Waals surface area contributed by atoms with Gasteiger partial charge < -0.3 is 10.0 Å². The molecule has 1 aliphatic rings. The van der Waals surface area contributed by atoms with Crippen LogP contribution >= 0.6 is 11.3 Å². The van der Waals surface area contributed by atoms with Gasteiger partial charge in [-0.25, -0.2) is 14.6 Å². The van der Waals surface area contributed by atoms with E-state index in [0.717, 1.165) is 35.4 Å². The van der Waals surface area contributed by atoms with Gasteiger partial charge in [0.2, 0.25) is 0 Å². The Hall–Kier alpha value is -3.36. The molecular weight excluding hydrogens is 446 g/mol. The molecule has 5 rings (SSSR count). The lowest BCUT2D eigenvalue weighted by Gasteiger charge is -2.21. The van der Waals surface area contributed by atoms with Crippen molar-refractivity contribution in [3.63, 3.8) is 0 Å². The molecule has 3 aromatic heterocycles. The van der Waals surface area contributed by atoms with Gasteiger partial charge in [0, 0.05) is 34.5 Å². The Morgan fingerprint density at radius 3 is 2.68 bits per heavy atom. The van der Waals surface area contributed by atoms with E-state index in [1.807, 2.05) is 36.4 Å². The van der Waals surface area contributed by atoms with E-state index < -0.39 is 6.10 Å².